The molecular formula is C22H24ClNO2. The van der Waals surface area contributed by atoms with Gasteiger partial charge in [0.2, 0.25) is 0 Å². The maximum Gasteiger partial charge on any atom is 0.251 e. The Kier molecular flexibility index (Phi) is 4.66. The zero-order valence-electron chi connectivity index (χ0n) is 15.0. The van der Waals surface area contributed by atoms with E-state index in [0.29, 0.717) is 16.5 Å². The summed E-state index contributed by atoms with van der Waals surface area (Å²) < 4.78 is 5.94. The summed E-state index contributed by atoms with van der Waals surface area (Å²) in [6, 6.07) is 15.6. The number of amides is 1. The topological polar surface area (TPSA) is 38.3 Å². The molecule has 1 atom stereocenters. The van der Waals surface area contributed by atoms with Crippen molar-refractivity contribution in [1.29, 1.82) is 0 Å². The third kappa shape index (κ3) is 3.21. The summed E-state index contributed by atoms with van der Waals surface area (Å²) in [4.78, 5) is 12.4. The van der Waals surface area contributed by atoms with E-state index in [2.05, 4.69) is 30.4 Å². The first-order valence-corrected chi connectivity index (χ1v) is 9.74. The van der Waals surface area contributed by atoms with Crippen LogP contribution in [0.5, 0.6) is 5.75 Å². The van der Waals surface area contributed by atoms with E-state index >= 15 is 0 Å². The third-order valence-electron chi connectivity index (χ3n) is 6.12. The van der Waals surface area contributed by atoms with Crippen molar-refractivity contribution in [3.05, 3.63) is 64.7 Å². The van der Waals surface area contributed by atoms with Gasteiger partial charge < -0.3 is 10.1 Å². The SMILES string of the molecule is CC(NC(=O)c1ccc(Cl)cc1)[C@H]1CC[C@@]2(CC1)COc1ccccc12. The summed E-state index contributed by atoms with van der Waals surface area (Å²) in [5.41, 5.74) is 2.20. The average Bonchev–Trinajstić information content (AvgIpc) is 3.01. The number of benzene rings is 2. The van der Waals surface area contributed by atoms with Crippen molar-refractivity contribution in [2.75, 3.05) is 6.61 Å². The Morgan fingerprint density at radius 1 is 1.15 bits per heavy atom. The molecule has 136 valence electrons. The number of nitrogens with one attached hydrogen (secondary N) is 1. The van der Waals surface area contributed by atoms with Crippen molar-refractivity contribution in [2.24, 2.45) is 5.92 Å². The van der Waals surface area contributed by atoms with Gasteiger partial charge in [0, 0.05) is 27.6 Å². The molecule has 1 saturated carbocycles. The maximum atomic E-state index is 12.4. The molecule has 1 aliphatic carbocycles. The lowest BCUT2D eigenvalue weighted by Crippen LogP contribution is -2.42. The van der Waals surface area contributed by atoms with Gasteiger partial charge in [0.1, 0.15) is 5.75 Å². The van der Waals surface area contributed by atoms with Crippen molar-refractivity contribution >= 4 is 17.5 Å². The van der Waals surface area contributed by atoms with E-state index in [9.17, 15) is 4.79 Å². The third-order valence-corrected chi connectivity index (χ3v) is 6.37. The van der Waals surface area contributed by atoms with E-state index in [-0.39, 0.29) is 17.4 Å². The van der Waals surface area contributed by atoms with Gasteiger partial charge in [-0.25, -0.2) is 0 Å². The van der Waals surface area contributed by atoms with Gasteiger partial charge in [-0.05, 0) is 68.9 Å². The molecule has 4 heteroatoms. The van der Waals surface area contributed by atoms with E-state index in [1.54, 1.807) is 24.3 Å². The van der Waals surface area contributed by atoms with Crippen LogP contribution in [0.25, 0.3) is 0 Å². The summed E-state index contributed by atoms with van der Waals surface area (Å²) in [5.74, 6) is 1.53. The predicted molar refractivity (Wildman–Crippen MR) is 104 cm³/mol. The number of para-hydroxylation sites is 1. The van der Waals surface area contributed by atoms with Gasteiger partial charge in [0.25, 0.3) is 5.91 Å². The second-order valence-electron chi connectivity index (χ2n) is 7.67. The fraction of sp³-hybridized carbons (Fsp3) is 0.409. The molecule has 2 aromatic carbocycles. The summed E-state index contributed by atoms with van der Waals surface area (Å²) >= 11 is 5.90. The molecule has 0 bridgehead atoms. The quantitative estimate of drug-likeness (QED) is 0.828. The number of carbonyl (C=O) groups is 1. The fourth-order valence-electron chi connectivity index (χ4n) is 4.44. The number of fused-ring (bicyclic) bond motifs is 2. The van der Waals surface area contributed by atoms with Crippen LogP contribution in [0.1, 0.15) is 48.5 Å². The molecule has 4 rings (SSSR count). The number of carbonyl (C=O) groups excluding carboxylic acids is 1. The van der Waals surface area contributed by atoms with Gasteiger partial charge in [0.15, 0.2) is 0 Å². The Morgan fingerprint density at radius 3 is 2.58 bits per heavy atom. The average molecular weight is 370 g/mol. The highest BCUT2D eigenvalue weighted by atomic mass is 35.5. The lowest BCUT2D eigenvalue weighted by atomic mass is 9.66. The van der Waals surface area contributed by atoms with Gasteiger partial charge in [0.05, 0.1) is 6.61 Å². The van der Waals surface area contributed by atoms with Crippen molar-refractivity contribution in [3.63, 3.8) is 0 Å². The molecule has 1 N–H and O–H groups in total. The van der Waals surface area contributed by atoms with E-state index in [4.69, 9.17) is 16.3 Å². The number of rotatable bonds is 3. The molecular weight excluding hydrogens is 346 g/mol. The Morgan fingerprint density at radius 2 is 1.85 bits per heavy atom. The Balaban J connectivity index is 1.37. The number of ether oxygens (including phenoxy) is 1. The zero-order valence-corrected chi connectivity index (χ0v) is 15.8. The molecule has 1 amide bonds. The smallest absolute Gasteiger partial charge is 0.251 e. The van der Waals surface area contributed by atoms with Gasteiger partial charge >= 0.3 is 0 Å². The van der Waals surface area contributed by atoms with Crippen molar-refractivity contribution in [3.8, 4) is 5.75 Å². The number of halogens is 1. The Bertz CT molecular complexity index is 794. The van der Waals surface area contributed by atoms with Crippen molar-refractivity contribution in [1.82, 2.24) is 5.32 Å². The van der Waals surface area contributed by atoms with Crippen LogP contribution < -0.4 is 10.1 Å². The Labute approximate surface area is 159 Å². The highest BCUT2D eigenvalue weighted by Crippen LogP contribution is 2.49. The number of hydrogen-bond acceptors (Lipinski definition) is 2. The summed E-state index contributed by atoms with van der Waals surface area (Å²) in [7, 11) is 0. The van der Waals surface area contributed by atoms with Crippen LogP contribution in [0.4, 0.5) is 0 Å². The van der Waals surface area contributed by atoms with Crippen LogP contribution in [-0.4, -0.2) is 18.6 Å². The van der Waals surface area contributed by atoms with E-state index < -0.39 is 0 Å². The second kappa shape index (κ2) is 6.96. The molecule has 26 heavy (non-hydrogen) atoms. The minimum absolute atomic E-state index is 0.0241. The molecule has 2 aliphatic rings. The van der Waals surface area contributed by atoms with Crippen LogP contribution in [0.15, 0.2) is 48.5 Å². The summed E-state index contributed by atoms with van der Waals surface area (Å²) in [5, 5.41) is 3.81. The monoisotopic (exact) mass is 369 g/mol. The van der Waals surface area contributed by atoms with Crippen LogP contribution in [-0.2, 0) is 5.41 Å². The predicted octanol–water partition coefficient (Wildman–Crippen LogP) is 4.98. The number of hydrogen-bond donors (Lipinski definition) is 1. The normalized spacial score (nSPS) is 25.4. The standard InChI is InChI=1S/C22H24ClNO2/c1-15(24-21(25)17-6-8-18(23)9-7-17)16-10-12-22(13-11-16)14-26-20-5-3-2-4-19(20)22/h2-9,15-16H,10-14H2,1H3,(H,24,25)/t15?,16-,22+. The molecule has 0 saturated heterocycles. The summed E-state index contributed by atoms with van der Waals surface area (Å²) in [6.07, 6.45) is 4.46. The zero-order chi connectivity index (χ0) is 18.1. The molecule has 1 spiro atoms. The highest BCUT2D eigenvalue weighted by Gasteiger charge is 2.44. The van der Waals surface area contributed by atoms with Crippen LogP contribution in [0.2, 0.25) is 5.02 Å². The molecule has 2 aromatic rings. The van der Waals surface area contributed by atoms with Gasteiger partial charge in [-0.15, -0.1) is 0 Å². The largest absolute Gasteiger partial charge is 0.492 e. The maximum absolute atomic E-state index is 12.4. The minimum atomic E-state index is -0.0241. The van der Waals surface area contributed by atoms with E-state index in [1.807, 2.05) is 6.07 Å². The molecule has 1 fully saturated rings. The van der Waals surface area contributed by atoms with Crippen LogP contribution >= 0.6 is 11.6 Å². The van der Waals surface area contributed by atoms with Crippen LogP contribution in [0, 0.1) is 5.92 Å². The first kappa shape index (κ1) is 17.4. The fourth-order valence-corrected chi connectivity index (χ4v) is 4.57. The van der Waals surface area contributed by atoms with Crippen molar-refractivity contribution in [2.45, 2.75) is 44.1 Å². The Hall–Kier alpha value is -2.00. The molecule has 0 radical (unpaired) electrons. The van der Waals surface area contributed by atoms with Gasteiger partial charge in [-0.2, -0.15) is 0 Å². The second-order valence-corrected chi connectivity index (χ2v) is 8.11. The van der Waals surface area contributed by atoms with Gasteiger partial charge in [-0.3, -0.25) is 4.79 Å². The van der Waals surface area contributed by atoms with Crippen LogP contribution in [0.3, 0.4) is 0 Å². The molecule has 3 nitrogen and oxygen atoms in total. The first-order valence-electron chi connectivity index (χ1n) is 9.36. The van der Waals surface area contributed by atoms with E-state index in [1.165, 1.54) is 5.56 Å². The van der Waals surface area contributed by atoms with Crippen molar-refractivity contribution < 1.29 is 9.53 Å². The lowest BCUT2D eigenvalue weighted by Gasteiger charge is -2.38. The highest BCUT2D eigenvalue weighted by molar-refractivity contribution is 6.30. The lowest BCUT2D eigenvalue weighted by molar-refractivity contribution is 0.0905. The first-order chi connectivity index (χ1) is 12.6. The van der Waals surface area contributed by atoms with Gasteiger partial charge in [-0.1, -0.05) is 29.8 Å². The molecule has 1 unspecified atom stereocenters. The molecule has 1 aliphatic heterocycles. The molecule has 0 aromatic heterocycles. The minimum Gasteiger partial charge on any atom is -0.492 e. The summed E-state index contributed by atoms with van der Waals surface area (Å²) in [6.45, 7) is 2.92. The molecule has 1 heterocycles. The van der Waals surface area contributed by atoms with E-state index in [0.717, 1.165) is 38.0 Å².